The van der Waals surface area contributed by atoms with Crippen LogP contribution >= 0.6 is 0 Å². The maximum atomic E-state index is 11.8. The van der Waals surface area contributed by atoms with Gasteiger partial charge >= 0.3 is 0 Å². The Labute approximate surface area is 95.0 Å². The van der Waals surface area contributed by atoms with Gasteiger partial charge in [0.05, 0.1) is 17.7 Å². The van der Waals surface area contributed by atoms with Gasteiger partial charge in [0, 0.05) is 18.0 Å². The van der Waals surface area contributed by atoms with E-state index in [-0.39, 0.29) is 11.4 Å². The zero-order valence-electron chi connectivity index (χ0n) is 9.77. The highest BCUT2D eigenvalue weighted by molar-refractivity contribution is 6.13. The lowest BCUT2D eigenvalue weighted by Crippen LogP contribution is -2.38. The first-order chi connectivity index (χ1) is 7.48. The standard InChI is InChI=1S/C12H15N3O/c1-12(2,3)15-11(16)8-10(14-15)9-4-6-13-7-5-9/h4-7H,8H2,1-3H3. The highest BCUT2D eigenvalue weighted by Gasteiger charge is 2.32. The number of carbonyl (C=O) groups excluding carboxylic acids is 1. The molecular weight excluding hydrogens is 202 g/mol. The predicted octanol–water partition coefficient (Wildman–Crippen LogP) is 1.82. The van der Waals surface area contributed by atoms with Gasteiger partial charge in [0.25, 0.3) is 0 Å². The number of aromatic nitrogens is 1. The molecule has 0 fully saturated rings. The van der Waals surface area contributed by atoms with Crippen molar-refractivity contribution in [3.63, 3.8) is 0 Å². The second-order valence-electron chi connectivity index (χ2n) is 4.84. The summed E-state index contributed by atoms with van der Waals surface area (Å²) in [5.74, 6) is 0.0549. The Morgan fingerprint density at radius 1 is 1.25 bits per heavy atom. The quantitative estimate of drug-likeness (QED) is 0.720. The molecule has 0 unspecified atom stereocenters. The van der Waals surface area contributed by atoms with E-state index < -0.39 is 0 Å². The first-order valence-corrected chi connectivity index (χ1v) is 5.29. The minimum Gasteiger partial charge on any atom is -0.272 e. The lowest BCUT2D eigenvalue weighted by molar-refractivity contribution is -0.133. The van der Waals surface area contributed by atoms with Crippen molar-refractivity contribution in [2.24, 2.45) is 5.10 Å². The molecule has 0 aliphatic carbocycles. The lowest BCUT2D eigenvalue weighted by Gasteiger charge is -2.27. The van der Waals surface area contributed by atoms with Crippen LogP contribution in [0.3, 0.4) is 0 Å². The number of nitrogens with zero attached hydrogens (tertiary/aromatic N) is 3. The topological polar surface area (TPSA) is 45.6 Å². The molecule has 2 rings (SSSR count). The molecule has 1 aliphatic rings. The lowest BCUT2D eigenvalue weighted by atomic mass is 10.1. The Bertz CT molecular complexity index is 431. The average molecular weight is 217 g/mol. The van der Waals surface area contributed by atoms with Gasteiger partial charge in [0.1, 0.15) is 0 Å². The average Bonchev–Trinajstić information content (AvgIpc) is 2.61. The van der Waals surface area contributed by atoms with Crippen molar-refractivity contribution >= 4 is 11.6 Å². The molecule has 0 saturated heterocycles. The van der Waals surface area contributed by atoms with Crippen LogP contribution in [0, 0.1) is 0 Å². The van der Waals surface area contributed by atoms with Crippen LogP contribution in [0.5, 0.6) is 0 Å². The molecule has 2 heterocycles. The molecule has 1 aliphatic heterocycles. The first kappa shape index (κ1) is 10.8. The van der Waals surface area contributed by atoms with Crippen LogP contribution in [-0.4, -0.2) is 27.2 Å². The van der Waals surface area contributed by atoms with Crippen LogP contribution in [0.2, 0.25) is 0 Å². The van der Waals surface area contributed by atoms with Crippen LogP contribution in [0.25, 0.3) is 0 Å². The van der Waals surface area contributed by atoms with Crippen molar-refractivity contribution in [2.45, 2.75) is 32.7 Å². The van der Waals surface area contributed by atoms with E-state index >= 15 is 0 Å². The van der Waals surface area contributed by atoms with Crippen LogP contribution in [-0.2, 0) is 4.79 Å². The van der Waals surface area contributed by atoms with E-state index in [2.05, 4.69) is 10.1 Å². The van der Waals surface area contributed by atoms with Gasteiger partial charge in [-0.15, -0.1) is 0 Å². The maximum absolute atomic E-state index is 11.8. The number of carbonyl (C=O) groups is 1. The minimum absolute atomic E-state index is 0.0549. The monoisotopic (exact) mass is 217 g/mol. The molecule has 0 saturated carbocycles. The van der Waals surface area contributed by atoms with Gasteiger partial charge in [0.2, 0.25) is 5.91 Å². The molecule has 84 valence electrons. The Hall–Kier alpha value is -1.71. The fraction of sp³-hybridized carbons (Fsp3) is 0.417. The van der Waals surface area contributed by atoms with Gasteiger partial charge in [-0.25, -0.2) is 5.01 Å². The molecule has 16 heavy (non-hydrogen) atoms. The highest BCUT2D eigenvalue weighted by atomic mass is 16.2. The number of hydrogen-bond acceptors (Lipinski definition) is 3. The molecule has 4 heteroatoms. The van der Waals surface area contributed by atoms with E-state index in [0.29, 0.717) is 6.42 Å². The summed E-state index contributed by atoms with van der Waals surface area (Å²) in [4.78, 5) is 15.8. The van der Waals surface area contributed by atoms with Crippen molar-refractivity contribution in [1.29, 1.82) is 0 Å². The second-order valence-corrected chi connectivity index (χ2v) is 4.84. The largest absolute Gasteiger partial charge is 0.272 e. The third-order valence-corrected chi connectivity index (χ3v) is 2.42. The van der Waals surface area contributed by atoms with Crippen LogP contribution in [0.4, 0.5) is 0 Å². The van der Waals surface area contributed by atoms with E-state index in [4.69, 9.17) is 0 Å². The van der Waals surface area contributed by atoms with E-state index in [0.717, 1.165) is 11.3 Å². The Kier molecular flexibility index (Phi) is 2.50. The van der Waals surface area contributed by atoms with Gasteiger partial charge in [0.15, 0.2) is 0 Å². The van der Waals surface area contributed by atoms with Crippen LogP contribution in [0.15, 0.2) is 29.6 Å². The summed E-state index contributed by atoms with van der Waals surface area (Å²) < 4.78 is 0. The summed E-state index contributed by atoms with van der Waals surface area (Å²) in [5.41, 5.74) is 1.53. The molecule has 1 aromatic heterocycles. The molecule has 1 amide bonds. The number of pyridine rings is 1. The summed E-state index contributed by atoms with van der Waals surface area (Å²) in [6.45, 7) is 5.93. The molecule has 0 aromatic carbocycles. The molecule has 1 aromatic rings. The van der Waals surface area contributed by atoms with E-state index in [1.54, 1.807) is 17.4 Å². The number of rotatable bonds is 1. The van der Waals surface area contributed by atoms with Gasteiger partial charge < -0.3 is 0 Å². The number of amides is 1. The third kappa shape index (κ3) is 1.96. The zero-order valence-corrected chi connectivity index (χ0v) is 9.77. The Balaban J connectivity index is 2.31. The van der Waals surface area contributed by atoms with Gasteiger partial charge in [-0.2, -0.15) is 5.10 Å². The summed E-state index contributed by atoms with van der Waals surface area (Å²) in [6.07, 6.45) is 3.80. The third-order valence-electron chi connectivity index (χ3n) is 2.42. The molecule has 0 atom stereocenters. The normalized spacial score (nSPS) is 16.6. The van der Waals surface area contributed by atoms with Crippen molar-refractivity contribution in [3.05, 3.63) is 30.1 Å². The SMILES string of the molecule is CC(C)(C)N1N=C(c2ccncc2)CC1=O. The van der Waals surface area contributed by atoms with E-state index in [9.17, 15) is 4.79 Å². The molecular formula is C12H15N3O. The number of hydrazone groups is 1. The fourth-order valence-corrected chi connectivity index (χ4v) is 1.66. The molecule has 0 radical (unpaired) electrons. The molecule has 0 spiro atoms. The van der Waals surface area contributed by atoms with Gasteiger partial charge in [-0.3, -0.25) is 9.78 Å². The van der Waals surface area contributed by atoms with Crippen LogP contribution in [0.1, 0.15) is 32.8 Å². The van der Waals surface area contributed by atoms with Crippen molar-refractivity contribution in [3.8, 4) is 0 Å². The zero-order chi connectivity index (χ0) is 11.8. The molecule has 4 nitrogen and oxygen atoms in total. The summed E-state index contributed by atoms with van der Waals surface area (Å²) >= 11 is 0. The van der Waals surface area contributed by atoms with Gasteiger partial charge in [-0.1, -0.05) is 0 Å². The number of hydrogen-bond donors (Lipinski definition) is 0. The van der Waals surface area contributed by atoms with Crippen LogP contribution < -0.4 is 0 Å². The first-order valence-electron chi connectivity index (χ1n) is 5.29. The minimum atomic E-state index is -0.258. The van der Waals surface area contributed by atoms with Crippen molar-refractivity contribution in [1.82, 2.24) is 9.99 Å². The van der Waals surface area contributed by atoms with Crippen molar-refractivity contribution < 1.29 is 4.79 Å². The maximum Gasteiger partial charge on any atom is 0.249 e. The highest BCUT2D eigenvalue weighted by Crippen LogP contribution is 2.22. The smallest absolute Gasteiger partial charge is 0.249 e. The summed E-state index contributed by atoms with van der Waals surface area (Å²) in [6, 6.07) is 3.75. The van der Waals surface area contributed by atoms with Crippen molar-refractivity contribution in [2.75, 3.05) is 0 Å². The summed E-state index contributed by atoms with van der Waals surface area (Å²) in [7, 11) is 0. The second kappa shape index (κ2) is 3.70. The van der Waals surface area contributed by atoms with E-state index in [1.807, 2.05) is 32.9 Å². The molecule has 0 bridgehead atoms. The van der Waals surface area contributed by atoms with E-state index in [1.165, 1.54) is 0 Å². The van der Waals surface area contributed by atoms with Gasteiger partial charge in [-0.05, 0) is 32.9 Å². The summed E-state index contributed by atoms with van der Waals surface area (Å²) in [5, 5.41) is 5.94. The Morgan fingerprint density at radius 2 is 1.88 bits per heavy atom. The predicted molar refractivity (Wildman–Crippen MR) is 62.0 cm³/mol. The fourth-order valence-electron chi connectivity index (χ4n) is 1.66. The molecule has 0 N–H and O–H groups in total. The Morgan fingerprint density at radius 3 is 2.38 bits per heavy atom.